The number of carbonyl (C=O) groups excluding carboxylic acids is 1. The van der Waals surface area contributed by atoms with Gasteiger partial charge in [-0.1, -0.05) is 55.5 Å². The number of aryl methyl sites for hydroxylation is 1. The highest BCUT2D eigenvalue weighted by Gasteiger charge is 2.33. The summed E-state index contributed by atoms with van der Waals surface area (Å²) >= 11 is 0. The Hall–Kier alpha value is -3.15. The predicted molar refractivity (Wildman–Crippen MR) is 101 cm³/mol. The first-order valence-corrected chi connectivity index (χ1v) is 8.85. The zero-order valence-corrected chi connectivity index (χ0v) is 14.7. The topological polar surface area (TPSA) is 63.1 Å². The number of urea groups is 1. The molecule has 0 atom stereocenters. The second kappa shape index (κ2) is 7.00. The minimum atomic E-state index is -0.0588. The lowest BCUT2D eigenvalue weighted by Crippen LogP contribution is -2.52. The standard InChI is InChI=1S/C20H21N5O/c1-2-15-8-6-7-11-18(15)22-20(26)24-12-17(13-24)25-14-21-23-19(25)16-9-4-3-5-10-16/h3-11,14,17H,2,12-13H2,1H3,(H,22,26). The van der Waals surface area contributed by atoms with Crippen LogP contribution in [0.1, 0.15) is 18.5 Å². The summed E-state index contributed by atoms with van der Waals surface area (Å²) in [6, 6.07) is 18.1. The van der Waals surface area contributed by atoms with Gasteiger partial charge < -0.3 is 14.8 Å². The Balaban J connectivity index is 1.42. The monoisotopic (exact) mass is 347 g/mol. The summed E-state index contributed by atoms with van der Waals surface area (Å²) in [6.45, 7) is 3.39. The van der Waals surface area contributed by atoms with Crippen molar-refractivity contribution in [2.45, 2.75) is 19.4 Å². The molecule has 1 fully saturated rings. The number of para-hydroxylation sites is 1. The summed E-state index contributed by atoms with van der Waals surface area (Å²) < 4.78 is 2.05. The van der Waals surface area contributed by atoms with Crippen molar-refractivity contribution in [3.05, 3.63) is 66.5 Å². The normalized spacial score (nSPS) is 14.1. The molecule has 0 spiro atoms. The van der Waals surface area contributed by atoms with E-state index in [1.165, 1.54) is 0 Å². The molecule has 1 N–H and O–H groups in total. The van der Waals surface area contributed by atoms with Gasteiger partial charge in [-0.25, -0.2) is 4.79 Å². The molecule has 0 saturated carbocycles. The maximum absolute atomic E-state index is 12.5. The lowest BCUT2D eigenvalue weighted by molar-refractivity contribution is 0.136. The molecule has 6 heteroatoms. The fraction of sp³-hybridized carbons (Fsp3) is 0.250. The summed E-state index contributed by atoms with van der Waals surface area (Å²) in [5, 5.41) is 11.3. The Morgan fingerprint density at radius 2 is 1.85 bits per heavy atom. The summed E-state index contributed by atoms with van der Waals surface area (Å²) in [6.07, 6.45) is 2.63. The van der Waals surface area contributed by atoms with Gasteiger partial charge in [-0.15, -0.1) is 10.2 Å². The van der Waals surface area contributed by atoms with Crippen LogP contribution in [0, 0.1) is 0 Å². The molecular formula is C20H21N5O. The highest BCUT2D eigenvalue weighted by molar-refractivity contribution is 5.90. The molecule has 1 aliphatic rings. The first-order chi connectivity index (χ1) is 12.8. The number of nitrogens with zero attached hydrogens (tertiary/aromatic N) is 4. The number of hydrogen-bond donors (Lipinski definition) is 1. The fourth-order valence-corrected chi connectivity index (χ4v) is 3.25. The largest absolute Gasteiger partial charge is 0.321 e. The second-order valence-electron chi connectivity index (χ2n) is 6.43. The molecule has 6 nitrogen and oxygen atoms in total. The van der Waals surface area contributed by atoms with Gasteiger partial charge in [0.15, 0.2) is 5.82 Å². The number of aromatic nitrogens is 3. The molecule has 4 rings (SSSR count). The molecule has 26 heavy (non-hydrogen) atoms. The van der Waals surface area contributed by atoms with Crippen molar-refractivity contribution in [2.24, 2.45) is 0 Å². The van der Waals surface area contributed by atoms with Crippen LogP contribution in [0.3, 0.4) is 0 Å². The first-order valence-electron chi connectivity index (χ1n) is 8.85. The molecule has 132 valence electrons. The quantitative estimate of drug-likeness (QED) is 0.784. The van der Waals surface area contributed by atoms with Gasteiger partial charge in [0, 0.05) is 24.3 Å². The van der Waals surface area contributed by atoms with Crippen molar-refractivity contribution in [1.82, 2.24) is 19.7 Å². The lowest BCUT2D eigenvalue weighted by atomic mass is 10.1. The number of rotatable bonds is 4. The van der Waals surface area contributed by atoms with E-state index in [1.807, 2.05) is 59.5 Å². The number of likely N-dealkylation sites (tertiary alicyclic amines) is 1. The fourth-order valence-electron chi connectivity index (χ4n) is 3.25. The maximum atomic E-state index is 12.5. The number of nitrogens with one attached hydrogen (secondary N) is 1. The van der Waals surface area contributed by atoms with Crippen molar-refractivity contribution < 1.29 is 4.79 Å². The van der Waals surface area contributed by atoms with E-state index < -0.39 is 0 Å². The first kappa shape index (κ1) is 16.3. The van der Waals surface area contributed by atoms with Crippen LogP contribution in [0.4, 0.5) is 10.5 Å². The summed E-state index contributed by atoms with van der Waals surface area (Å²) in [4.78, 5) is 14.3. The van der Waals surface area contributed by atoms with Gasteiger partial charge in [0.25, 0.3) is 0 Å². The second-order valence-corrected chi connectivity index (χ2v) is 6.43. The average molecular weight is 347 g/mol. The smallest absolute Gasteiger partial charge is 0.320 e. The van der Waals surface area contributed by atoms with Crippen LogP contribution in [0.15, 0.2) is 60.9 Å². The minimum absolute atomic E-state index is 0.0588. The highest BCUT2D eigenvalue weighted by atomic mass is 16.2. The molecule has 0 aliphatic carbocycles. The van der Waals surface area contributed by atoms with Crippen molar-refractivity contribution in [1.29, 1.82) is 0 Å². The van der Waals surface area contributed by atoms with E-state index in [0.29, 0.717) is 13.1 Å². The summed E-state index contributed by atoms with van der Waals surface area (Å²) in [5.74, 6) is 0.840. The van der Waals surface area contributed by atoms with Gasteiger partial charge in [-0.2, -0.15) is 0 Å². The third kappa shape index (κ3) is 3.06. The summed E-state index contributed by atoms with van der Waals surface area (Å²) in [5.41, 5.74) is 3.06. The Morgan fingerprint density at radius 1 is 1.12 bits per heavy atom. The maximum Gasteiger partial charge on any atom is 0.321 e. The summed E-state index contributed by atoms with van der Waals surface area (Å²) in [7, 11) is 0. The van der Waals surface area contributed by atoms with Crippen LogP contribution in [0.5, 0.6) is 0 Å². The Morgan fingerprint density at radius 3 is 2.62 bits per heavy atom. The number of hydrogen-bond acceptors (Lipinski definition) is 3. The van der Waals surface area contributed by atoms with Crippen molar-refractivity contribution in [3.8, 4) is 11.4 Å². The van der Waals surface area contributed by atoms with Crippen molar-refractivity contribution in [3.63, 3.8) is 0 Å². The van der Waals surface area contributed by atoms with Crippen molar-refractivity contribution >= 4 is 11.7 Å². The average Bonchev–Trinajstić information content (AvgIpc) is 3.11. The predicted octanol–water partition coefficient (Wildman–Crippen LogP) is 3.60. The molecule has 2 heterocycles. The van der Waals surface area contributed by atoms with Gasteiger partial charge >= 0.3 is 6.03 Å². The van der Waals surface area contributed by atoms with Crippen LogP contribution >= 0.6 is 0 Å². The van der Waals surface area contributed by atoms with Crippen LogP contribution < -0.4 is 5.32 Å². The van der Waals surface area contributed by atoms with Gasteiger partial charge in [-0.3, -0.25) is 0 Å². The highest BCUT2D eigenvalue weighted by Crippen LogP contribution is 2.27. The Bertz CT molecular complexity index is 899. The van der Waals surface area contributed by atoms with Gasteiger partial charge in [-0.05, 0) is 18.1 Å². The van der Waals surface area contributed by atoms with E-state index >= 15 is 0 Å². The van der Waals surface area contributed by atoms with E-state index in [2.05, 4.69) is 27.0 Å². The Labute approximate surface area is 152 Å². The molecule has 1 aliphatic heterocycles. The van der Waals surface area contributed by atoms with Gasteiger partial charge in [0.2, 0.25) is 0 Å². The van der Waals surface area contributed by atoms with E-state index in [0.717, 1.165) is 29.1 Å². The number of amides is 2. The van der Waals surface area contributed by atoms with Crippen LogP contribution in [-0.2, 0) is 6.42 Å². The SMILES string of the molecule is CCc1ccccc1NC(=O)N1CC(n2cnnc2-c2ccccc2)C1. The zero-order valence-electron chi connectivity index (χ0n) is 14.7. The van der Waals surface area contributed by atoms with E-state index in [4.69, 9.17) is 0 Å². The number of carbonyl (C=O) groups is 1. The molecule has 1 aromatic heterocycles. The zero-order chi connectivity index (χ0) is 17.9. The van der Waals surface area contributed by atoms with E-state index in [-0.39, 0.29) is 12.1 Å². The van der Waals surface area contributed by atoms with E-state index in [9.17, 15) is 4.79 Å². The van der Waals surface area contributed by atoms with Gasteiger partial charge in [0.05, 0.1) is 6.04 Å². The molecule has 0 radical (unpaired) electrons. The number of anilines is 1. The molecule has 3 aromatic rings. The van der Waals surface area contributed by atoms with Crippen LogP contribution in [0.2, 0.25) is 0 Å². The van der Waals surface area contributed by atoms with Gasteiger partial charge in [0.1, 0.15) is 6.33 Å². The number of benzene rings is 2. The molecule has 0 bridgehead atoms. The lowest BCUT2D eigenvalue weighted by Gasteiger charge is -2.40. The van der Waals surface area contributed by atoms with Crippen molar-refractivity contribution in [2.75, 3.05) is 18.4 Å². The molecule has 2 amide bonds. The molecular weight excluding hydrogens is 326 g/mol. The van der Waals surface area contributed by atoms with Crippen LogP contribution in [-0.4, -0.2) is 38.8 Å². The third-order valence-electron chi connectivity index (χ3n) is 4.79. The minimum Gasteiger partial charge on any atom is -0.320 e. The molecule has 1 saturated heterocycles. The third-order valence-corrected chi connectivity index (χ3v) is 4.79. The van der Waals surface area contributed by atoms with Crippen LogP contribution in [0.25, 0.3) is 11.4 Å². The van der Waals surface area contributed by atoms with E-state index in [1.54, 1.807) is 6.33 Å². The molecule has 2 aromatic carbocycles. The Kier molecular flexibility index (Phi) is 4.39. The molecule has 0 unspecified atom stereocenters.